The number of aromatic nitrogens is 7. The summed E-state index contributed by atoms with van der Waals surface area (Å²) in [5, 5.41) is 11.6. The molecule has 3 N–H and O–H groups in total. The number of fused-ring (bicyclic) bond motifs is 2. The van der Waals surface area contributed by atoms with E-state index in [2.05, 4.69) is 32.3 Å². The van der Waals surface area contributed by atoms with Gasteiger partial charge in [0.1, 0.15) is 16.9 Å². The SMILES string of the molecule is C[C@@H](NC(=O)c1c(N)nn2cccnc12)c1nc2cccc(C#Cc3ccn(C)n3)n2c1-c1ccccc1. The van der Waals surface area contributed by atoms with E-state index in [0.717, 1.165) is 17.0 Å². The lowest BCUT2D eigenvalue weighted by Crippen LogP contribution is -2.28. The van der Waals surface area contributed by atoms with Gasteiger partial charge in [-0.15, -0.1) is 5.10 Å². The van der Waals surface area contributed by atoms with Gasteiger partial charge in [-0.25, -0.2) is 14.5 Å². The Morgan fingerprint density at radius 1 is 1.00 bits per heavy atom. The molecule has 1 amide bonds. The van der Waals surface area contributed by atoms with Gasteiger partial charge in [-0.05, 0) is 43.0 Å². The number of aryl methyl sites for hydroxylation is 1. The van der Waals surface area contributed by atoms with Gasteiger partial charge >= 0.3 is 0 Å². The number of pyridine rings is 1. The zero-order chi connectivity index (χ0) is 26.2. The second-order valence-corrected chi connectivity index (χ2v) is 8.78. The average molecular weight is 502 g/mol. The molecular weight excluding hydrogens is 478 g/mol. The lowest BCUT2D eigenvalue weighted by molar-refractivity contribution is 0.0941. The molecule has 38 heavy (non-hydrogen) atoms. The van der Waals surface area contributed by atoms with Gasteiger partial charge in [-0.3, -0.25) is 13.9 Å². The van der Waals surface area contributed by atoms with Crippen molar-refractivity contribution in [3.05, 3.63) is 102 Å². The number of anilines is 1. The van der Waals surface area contributed by atoms with Gasteiger partial charge in [-0.2, -0.15) is 5.10 Å². The van der Waals surface area contributed by atoms with Gasteiger partial charge in [0.2, 0.25) is 0 Å². The summed E-state index contributed by atoms with van der Waals surface area (Å²) in [7, 11) is 1.86. The first-order valence-electron chi connectivity index (χ1n) is 12.0. The number of nitrogens with two attached hydrogens (primary N) is 1. The summed E-state index contributed by atoms with van der Waals surface area (Å²) in [6.45, 7) is 1.89. The van der Waals surface area contributed by atoms with Crippen LogP contribution >= 0.6 is 0 Å². The van der Waals surface area contributed by atoms with Crippen LogP contribution in [0.4, 0.5) is 5.82 Å². The summed E-state index contributed by atoms with van der Waals surface area (Å²) in [5.41, 5.74) is 11.3. The molecule has 0 saturated heterocycles. The molecule has 1 aromatic carbocycles. The highest BCUT2D eigenvalue weighted by molar-refractivity contribution is 6.04. The number of hydrogen-bond donors (Lipinski definition) is 2. The van der Waals surface area contributed by atoms with Crippen LogP contribution in [0.15, 0.2) is 79.3 Å². The average Bonchev–Trinajstić information content (AvgIpc) is 3.62. The monoisotopic (exact) mass is 501 g/mol. The molecule has 1 atom stereocenters. The van der Waals surface area contributed by atoms with Crippen molar-refractivity contribution < 1.29 is 4.79 Å². The number of hydrogen-bond acceptors (Lipinski definition) is 6. The lowest BCUT2D eigenvalue weighted by Gasteiger charge is -2.14. The Kier molecular flexibility index (Phi) is 5.58. The zero-order valence-corrected chi connectivity index (χ0v) is 20.7. The smallest absolute Gasteiger partial charge is 0.259 e. The summed E-state index contributed by atoms with van der Waals surface area (Å²) in [5.74, 6) is 6.11. The number of carbonyl (C=O) groups excluding carboxylic acids is 1. The van der Waals surface area contributed by atoms with Crippen molar-refractivity contribution in [2.75, 3.05) is 5.73 Å². The molecule has 0 unspecified atom stereocenters. The normalized spacial score (nSPS) is 11.8. The highest BCUT2D eigenvalue weighted by atomic mass is 16.1. The predicted molar refractivity (Wildman–Crippen MR) is 143 cm³/mol. The molecule has 0 saturated carbocycles. The van der Waals surface area contributed by atoms with E-state index in [-0.39, 0.29) is 17.3 Å². The highest BCUT2D eigenvalue weighted by Gasteiger charge is 2.25. The molecule has 0 bridgehead atoms. The van der Waals surface area contributed by atoms with E-state index in [0.29, 0.717) is 22.7 Å². The third-order valence-electron chi connectivity index (χ3n) is 6.16. The second-order valence-electron chi connectivity index (χ2n) is 8.78. The Hall–Kier alpha value is -5.43. The fourth-order valence-electron chi connectivity index (χ4n) is 4.45. The maximum absolute atomic E-state index is 13.4. The molecule has 0 fully saturated rings. The Balaban J connectivity index is 1.45. The quantitative estimate of drug-likeness (QED) is 0.358. The highest BCUT2D eigenvalue weighted by Crippen LogP contribution is 2.31. The molecule has 10 nitrogen and oxygen atoms in total. The van der Waals surface area contributed by atoms with E-state index < -0.39 is 6.04 Å². The van der Waals surface area contributed by atoms with E-state index in [4.69, 9.17) is 10.7 Å². The van der Waals surface area contributed by atoms with E-state index in [1.165, 1.54) is 4.52 Å². The van der Waals surface area contributed by atoms with Crippen LogP contribution in [-0.2, 0) is 7.05 Å². The van der Waals surface area contributed by atoms with E-state index in [1.54, 1.807) is 23.1 Å². The van der Waals surface area contributed by atoms with Crippen molar-refractivity contribution in [2.24, 2.45) is 7.05 Å². The number of amides is 1. The van der Waals surface area contributed by atoms with E-state index in [1.807, 2.05) is 79.2 Å². The third-order valence-corrected chi connectivity index (χ3v) is 6.16. The van der Waals surface area contributed by atoms with Crippen LogP contribution in [0.2, 0.25) is 0 Å². The molecule has 0 aliphatic carbocycles. The Morgan fingerprint density at radius 2 is 1.84 bits per heavy atom. The minimum absolute atomic E-state index is 0.110. The van der Waals surface area contributed by atoms with Gasteiger partial charge in [-0.1, -0.05) is 36.4 Å². The molecule has 10 heteroatoms. The van der Waals surface area contributed by atoms with Crippen LogP contribution in [-0.4, -0.2) is 39.7 Å². The van der Waals surface area contributed by atoms with Crippen LogP contribution in [0.1, 0.15) is 40.4 Å². The minimum Gasteiger partial charge on any atom is -0.381 e. The van der Waals surface area contributed by atoms with Crippen LogP contribution in [0.3, 0.4) is 0 Å². The molecule has 0 aliphatic rings. The van der Waals surface area contributed by atoms with Gasteiger partial charge in [0.25, 0.3) is 5.91 Å². The molecule has 5 heterocycles. The van der Waals surface area contributed by atoms with Crippen molar-refractivity contribution >= 4 is 23.0 Å². The summed E-state index contributed by atoms with van der Waals surface area (Å²) in [4.78, 5) is 22.6. The first-order chi connectivity index (χ1) is 18.5. The number of carbonyl (C=O) groups is 1. The molecule has 6 aromatic rings. The molecular formula is C28H23N9O. The number of nitrogens with zero attached hydrogens (tertiary/aromatic N) is 7. The van der Waals surface area contributed by atoms with Crippen LogP contribution < -0.4 is 11.1 Å². The lowest BCUT2D eigenvalue weighted by atomic mass is 10.1. The van der Waals surface area contributed by atoms with Crippen molar-refractivity contribution in [1.82, 2.24) is 39.1 Å². The largest absolute Gasteiger partial charge is 0.381 e. The Bertz CT molecular complexity index is 1870. The molecule has 0 radical (unpaired) electrons. The third kappa shape index (κ3) is 4.02. The number of nitrogens with one attached hydrogen (secondary N) is 1. The number of nitrogen functional groups attached to an aromatic ring is 1. The van der Waals surface area contributed by atoms with Gasteiger partial charge in [0.05, 0.1) is 23.1 Å². The number of imidazole rings is 1. The van der Waals surface area contributed by atoms with Crippen molar-refractivity contribution in [3.8, 4) is 23.1 Å². The second kappa shape index (κ2) is 9.22. The minimum atomic E-state index is -0.465. The molecule has 5 aromatic heterocycles. The maximum Gasteiger partial charge on any atom is 0.259 e. The molecule has 0 spiro atoms. The zero-order valence-electron chi connectivity index (χ0n) is 20.7. The first-order valence-corrected chi connectivity index (χ1v) is 12.0. The van der Waals surface area contributed by atoms with Gasteiger partial charge in [0.15, 0.2) is 11.5 Å². The van der Waals surface area contributed by atoms with Crippen molar-refractivity contribution in [1.29, 1.82) is 0 Å². The fourth-order valence-corrected chi connectivity index (χ4v) is 4.45. The molecule has 6 rings (SSSR count). The molecule has 186 valence electrons. The van der Waals surface area contributed by atoms with E-state index in [9.17, 15) is 4.79 Å². The van der Waals surface area contributed by atoms with Crippen LogP contribution in [0.5, 0.6) is 0 Å². The predicted octanol–water partition coefficient (Wildman–Crippen LogP) is 3.25. The van der Waals surface area contributed by atoms with Crippen molar-refractivity contribution in [2.45, 2.75) is 13.0 Å². The van der Waals surface area contributed by atoms with E-state index >= 15 is 0 Å². The first kappa shape index (κ1) is 23.0. The molecule has 0 aliphatic heterocycles. The summed E-state index contributed by atoms with van der Waals surface area (Å²) >= 11 is 0. The standard InChI is InChI=1S/C28H23N9O/c1-18(31-28(38)23-26(29)34-36-16-7-15-30-27(23)36)24-25(19-8-4-3-5-9-19)37-21(10-6-11-22(37)32-24)13-12-20-14-17-35(2)33-20/h3-11,14-18H,1-2H3,(H2,29,34)(H,31,38)/t18-/m1/s1. The fraction of sp³-hybridized carbons (Fsp3) is 0.107. The topological polar surface area (TPSA) is 120 Å². The van der Waals surface area contributed by atoms with Gasteiger partial charge in [0, 0.05) is 31.2 Å². The van der Waals surface area contributed by atoms with Crippen LogP contribution in [0, 0.1) is 11.8 Å². The summed E-state index contributed by atoms with van der Waals surface area (Å²) in [6, 6.07) is 18.8. The number of rotatable bonds is 4. The van der Waals surface area contributed by atoms with Crippen LogP contribution in [0.25, 0.3) is 22.6 Å². The Labute approximate surface area is 217 Å². The summed E-state index contributed by atoms with van der Waals surface area (Å²) < 4.78 is 5.21. The number of benzene rings is 1. The van der Waals surface area contributed by atoms with Gasteiger partial charge < -0.3 is 11.1 Å². The van der Waals surface area contributed by atoms with Crippen molar-refractivity contribution in [3.63, 3.8) is 0 Å². The Morgan fingerprint density at radius 3 is 2.63 bits per heavy atom. The maximum atomic E-state index is 13.4. The summed E-state index contributed by atoms with van der Waals surface area (Å²) in [6.07, 6.45) is 5.15.